The number of carbonyl (C=O) groups is 3. The molecule has 0 bridgehead atoms. The fourth-order valence-electron chi connectivity index (χ4n) is 3.75. The zero-order chi connectivity index (χ0) is 24.5. The number of carbonyl (C=O) groups excluding carboxylic acids is 3. The first-order valence-corrected chi connectivity index (χ1v) is 14.3. The third-order valence-electron chi connectivity index (χ3n) is 7.11. The Balaban J connectivity index is 2.31. The molecule has 2 amide bonds. The molecule has 1 fully saturated rings. The molecular formula is C25H39NO5Si. The number of ketones is 1. The van der Waals surface area contributed by atoms with E-state index in [-0.39, 0.29) is 23.1 Å². The largest absolute Gasteiger partial charge is 0.439 e. The number of nitrogens with zero attached hydrogens (tertiary/aromatic N) is 1. The predicted octanol–water partition coefficient (Wildman–Crippen LogP) is 5.88. The molecule has 178 valence electrons. The molecular weight excluding hydrogens is 422 g/mol. The first kappa shape index (κ1) is 26.3. The molecule has 1 aliphatic rings. The van der Waals surface area contributed by atoms with E-state index in [1.807, 2.05) is 58.0 Å². The van der Waals surface area contributed by atoms with Gasteiger partial charge in [-0.2, -0.15) is 0 Å². The predicted molar refractivity (Wildman–Crippen MR) is 128 cm³/mol. The first-order chi connectivity index (χ1) is 14.6. The lowest BCUT2D eigenvalue weighted by atomic mass is 9.79. The van der Waals surface area contributed by atoms with Crippen molar-refractivity contribution in [2.24, 2.45) is 5.41 Å². The number of benzene rings is 1. The normalized spacial score (nSPS) is 20.8. The molecule has 32 heavy (non-hydrogen) atoms. The van der Waals surface area contributed by atoms with Gasteiger partial charge in [-0.1, -0.05) is 71.9 Å². The van der Waals surface area contributed by atoms with Crippen molar-refractivity contribution in [3.63, 3.8) is 0 Å². The summed E-state index contributed by atoms with van der Waals surface area (Å²) in [5.74, 6) is -0.338. The maximum absolute atomic E-state index is 13.4. The van der Waals surface area contributed by atoms with Crippen LogP contribution in [0.4, 0.5) is 4.79 Å². The van der Waals surface area contributed by atoms with E-state index < -0.39 is 38.1 Å². The molecule has 1 aliphatic heterocycles. The molecule has 3 atom stereocenters. The number of hydrogen-bond donors (Lipinski definition) is 0. The van der Waals surface area contributed by atoms with Gasteiger partial charge in [0.05, 0.1) is 18.6 Å². The molecule has 0 spiro atoms. The van der Waals surface area contributed by atoms with E-state index in [9.17, 15) is 14.4 Å². The quantitative estimate of drug-likeness (QED) is 0.452. The average Bonchev–Trinajstić information content (AvgIpc) is 3.00. The number of cyclic esters (lactones) is 1. The zero-order valence-electron chi connectivity index (χ0n) is 21.0. The SMILES string of the molecule is CCC(=O)C(C)(C)C(CC(=O)N1C(=O)OC(c2ccccc2)C1C)O[Si](C)(C)C(C)(C)C. The highest BCUT2D eigenvalue weighted by Crippen LogP contribution is 2.41. The van der Waals surface area contributed by atoms with Crippen LogP contribution in [-0.4, -0.2) is 43.1 Å². The van der Waals surface area contributed by atoms with E-state index in [0.717, 1.165) is 5.56 Å². The highest BCUT2D eigenvalue weighted by Gasteiger charge is 2.48. The summed E-state index contributed by atoms with van der Waals surface area (Å²) >= 11 is 0. The monoisotopic (exact) mass is 461 g/mol. The Morgan fingerprint density at radius 2 is 1.69 bits per heavy atom. The van der Waals surface area contributed by atoms with E-state index in [2.05, 4.69) is 33.9 Å². The third kappa shape index (κ3) is 5.31. The molecule has 1 aromatic carbocycles. The maximum atomic E-state index is 13.4. The van der Waals surface area contributed by atoms with Crippen molar-refractivity contribution < 1.29 is 23.5 Å². The molecule has 0 aliphatic carbocycles. The minimum Gasteiger partial charge on any atom is -0.439 e. The summed E-state index contributed by atoms with van der Waals surface area (Å²) in [5, 5.41) is -0.0854. The molecule has 0 aromatic heterocycles. The lowest BCUT2D eigenvalue weighted by Crippen LogP contribution is -2.52. The summed E-state index contributed by atoms with van der Waals surface area (Å²) in [6.45, 7) is 17.9. The highest BCUT2D eigenvalue weighted by molar-refractivity contribution is 6.74. The molecule has 0 radical (unpaired) electrons. The molecule has 3 unspecified atom stereocenters. The molecule has 0 N–H and O–H groups in total. The number of Topliss-reactive ketones (excluding diaryl/α,β-unsaturated/α-hetero) is 1. The van der Waals surface area contributed by atoms with Crippen molar-refractivity contribution >= 4 is 26.1 Å². The Hall–Kier alpha value is -1.99. The Kier molecular flexibility index (Phi) is 7.77. The van der Waals surface area contributed by atoms with E-state index in [4.69, 9.17) is 9.16 Å². The Labute approximate surface area is 193 Å². The van der Waals surface area contributed by atoms with Crippen molar-refractivity contribution in [1.82, 2.24) is 4.90 Å². The van der Waals surface area contributed by atoms with Crippen LogP contribution in [-0.2, 0) is 18.8 Å². The van der Waals surface area contributed by atoms with Gasteiger partial charge in [0.25, 0.3) is 0 Å². The van der Waals surface area contributed by atoms with E-state index >= 15 is 0 Å². The van der Waals surface area contributed by atoms with Crippen molar-refractivity contribution in [3.8, 4) is 0 Å². The number of amides is 2. The van der Waals surface area contributed by atoms with Crippen LogP contribution >= 0.6 is 0 Å². The van der Waals surface area contributed by atoms with Gasteiger partial charge in [-0.3, -0.25) is 9.59 Å². The second kappa shape index (κ2) is 9.47. The second-order valence-corrected chi connectivity index (χ2v) is 15.5. The number of imide groups is 1. The van der Waals surface area contributed by atoms with E-state index in [0.29, 0.717) is 6.42 Å². The van der Waals surface area contributed by atoms with Gasteiger partial charge in [0.2, 0.25) is 5.91 Å². The van der Waals surface area contributed by atoms with Crippen LogP contribution in [0.1, 0.15) is 73.0 Å². The number of hydrogen-bond acceptors (Lipinski definition) is 5. The van der Waals surface area contributed by atoms with E-state index in [1.165, 1.54) is 4.90 Å². The Morgan fingerprint density at radius 1 is 1.12 bits per heavy atom. The Bertz CT molecular complexity index is 844. The van der Waals surface area contributed by atoms with Crippen LogP contribution in [0.15, 0.2) is 30.3 Å². The summed E-state index contributed by atoms with van der Waals surface area (Å²) in [5.41, 5.74) is -0.00903. The second-order valence-electron chi connectivity index (χ2n) is 10.8. The molecule has 2 rings (SSSR count). The standard InChI is InChI=1S/C25H39NO5Si/c1-10-19(27)25(6,7)20(31-32(8,9)24(3,4)5)16-21(28)26-17(2)22(30-23(26)29)18-14-12-11-13-15-18/h11-15,17,20,22H,10,16H2,1-9H3. The van der Waals surface area contributed by atoms with Gasteiger partial charge in [0.15, 0.2) is 8.32 Å². The van der Waals surface area contributed by atoms with E-state index in [1.54, 1.807) is 0 Å². The van der Waals surface area contributed by atoms with Crippen LogP contribution in [0.5, 0.6) is 0 Å². The summed E-state index contributed by atoms with van der Waals surface area (Å²) in [7, 11) is -2.28. The zero-order valence-corrected chi connectivity index (χ0v) is 22.0. The summed E-state index contributed by atoms with van der Waals surface area (Å²) in [4.78, 5) is 40.0. The van der Waals surface area contributed by atoms with Crippen LogP contribution in [0.2, 0.25) is 18.1 Å². The van der Waals surface area contributed by atoms with Gasteiger partial charge in [0, 0.05) is 11.8 Å². The molecule has 1 heterocycles. The average molecular weight is 462 g/mol. The van der Waals surface area contributed by atoms with Gasteiger partial charge < -0.3 is 9.16 Å². The Morgan fingerprint density at radius 3 is 2.19 bits per heavy atom. The smallest absolute Gasteiger partial charge is 0.417 e. The van der Waals surface area contributed by atoms with Gasteiger partial charge >= 0.3 is 6.09 Å². The topological polar surface area (TPSA) is 72.9 Å². The summed E-state index contributed by atoms with van der Waals surface area (Å²) in [6, 6.07) is 8.97. The third-order valence-corrected chi connectivity index (χ3v) is 11.6. The van der Waals surface area contributed by atoms with Gasteiger partial charge in [-0.05, 0) is 30.6 Å². The number of rotatable bonds is 8. The van der Waals surface area contributed by atoms with Crippen molar-refractivity contribution in [2.45, 2.75) is 97.7 Å². The van der Waals surface area contributed by atoms with Crippen LogP contribution in [0.3, 0.4) is 0 Å². The van der Waals surface area contributed by atoms with Gasteiger partial charge in [-0.25, -0.2) is 9.69 Å². The van der Waals surface area contributed by atoms with Gasteiger partial charge in [-0.15, -0.1) is 0 Å². The van der Waals surface area contributed by atoms with Crippen molar-refractivity contribution in [2.75, 3.05) is 0 Å². The first-order valence-electron chi connectivity index (χ1n) is 11.4. The van der Waals surface area contributed by atoms with Crippen LogP contribution < -0.4 is 0 Å². The minimum atomic E-state index is -2.28. The molecule has 0 saturated carbocycles. The molecule has 6 nitrogen and oxygen atoms in total. The van der Waals surface area contributed by atoms with Crippen LogP contribution in [0.25, 0.3) is 0 Å². The van der Waals surface area contributed by atoms with Crippen molar-refractivity contribution in [3.05, 3.63) is 35.9 Å². The fraction of sp³-hybridized carbons (Fsp3) is 0.640. The lowest BCUT2D eigenvalue weighted by Gasteiger charge is -2.43. The molecule has 1 saturated heterocycles. The fourth-order valence-corrected chi connectivity index (χ4v) is 5.20. The summed E-state index contributed by atoms with van der Waals surface area (Å²) < 4.78 is 12.2. The minimum absolute atomic E-state index is 0.0354. The van der Waals surface area contributed by atoms with Gasteiger partial charge in [0.1, 0.15) is 11.9 Å². The maximum Gasteiger partial charge on any atom is 0.417 e. The van der Waals surface area contributed by atoms with Crippen LogP contribution in [0, 0.1) is 5.41 Å². The molecule has 1 aromatic rings. The van der Waals surface area contributed by atoms with Crippen molar-refractivity contribution in [1.29, 1.82) is 0 Å². The highest BCUT2D eigenvalue weighted by atomic mass is 28.4. The molecule has 7 heteroatoms. The lowest BCUT2D eigenvalue weighted by molar-refractivity contribution is -0.137. The summed E-state index contributed by atoms with van der Waals surface area (Å²) in [6.07, 6.45) is -1.48. The number of ether oxygens (including phenoxy) is 1.